The summed E-state index contributed by atoms with van der Waals surface area (Å²) in [4.78, 5) is 0. The molecule has 0 aromatic heterocycles. The fraction of sp³-hybridized carbons (Fsp3) is 0.304. The summed E-state index contributed by atoms with van der Waals surface area (Å²) in [5.74, 6) is 0.290. The fourth-order valence-corrected chi connectivity index (χ4v) is 4.31. The van der Waals surface area contributed by atoms with Gasteiger partial charge in [0.25, 0.3) is 0 Å². The smallest absolute Gasteiger partial charge is 0.115 e. The summed E-state index contributed by atoms with van der Waals surface area (Å²) >= 11 is 0. The number of phenols is 1. The van der Waals surface area contributed by atoms with Crippen molar-refractivity contribution in [1.29, 1.82) is 0 Å². The monoisotopic (exact) mass is 361 g/mol. The summed E-state index contributed by atoms with van der Waals surface area (Å²) in [6, 6.07) is 18.0. The van der Waals surface area contributed by atoms with E-state index in [0.29, 0.717) is 12.3 Å². The second-order valence-electron chi connectivity index (χ2n) is 7.68. The molecule has 1 heterocycles. The minimum absolute atomic E-state index is 0.0693. The number of benzene rings is 2. The highest BCUT2D eigenvalue weighted by Gasteiger charge is 2.39. The molecule has 4 nitrogen and oxygen atoms in total. The highest BCUT2D eigenvalue weighted by atomic mass is 16.3. The van der Waals surface area contributed by atoms with E-state index in [1.165, 1.54) is 11.1 Å². The average Bonchev–Trinajstić information content (AvgIpc) is 2.67. The molecule has 0 bridgehead atoms. The number of nitrogens with two attached hydrogens (primary N) is 1. The molecule has 0 amide bonds. The molecule has 1 unspecified atom stereocenters. The van der Waals surface area contributed by atoms with E-state index < -0.39 is 0 Å². The van der Waals surface area contributed by atoms with E-state index in [9.17, 15) is 5.11 Å². The third-order valence-corrected chi connectivity index (χ3v) is 5.69. The maximum absolute atomic E-state index is 9.65. The Labute approximate surface area is 160 Å². The predicted octanol–water partition coefficient (Wildman–Crippen LogP) is 3.20. The molecule has 1 fully saturated rings. The van der Waals surface area contributed by atoms with Crippen molar-refractivity contribution in [2.24, 2.45) is 11.1 Å². The molecule has 2 aromatic rings. The largest absolute Gasteiger partial charge is 0.508 e. The first kappa shape index (κ1) is 17.7. The van der Waals surface area contributed by atoms with E-state index in [2.05, 4.69) is 47.0 Å². The molecule has 2 aromatic carbocycles. The van der Waals surface area contributed by atoms with Gasteiger partial charge < -0.3 is 21.5 Å². The molecule has 0 saturated carbocycles. The lowest BCUT2D eigenvalue weighted by atomic mass is 9.66. The summed E-state index contributed by atoms with van der Waals surface area (Å²) in [6.45, 7) is 2.63. The lowest BCUT2D eigenvalue weighted by Crippen LogP contribution is -2.46. The van der Waals surface area contributed by atoms with Crippen LogP contribution in [0.4, 0.5) is 0 Å². The summed E-state index contributed by atoms with van der Waals surface area (Å²) in [7, 11) is 0. The van der Waals surface area contributed by atoms with Gasteiger partial charge in [-0.25, -0.2) is 0 Å². The first-order valence-corrected chi connectivity index (χ1v) is 9.61. The molecule has 4 rings (SSSR count). The van der Waals surface area contributed by atoms with Crippen molar-refractivity contribution in [3.05, 3.63) is 88.8 Å². The Bertz CT molecular complexity index is 872. The predicted molar refractivity (Wildman–Crippen MR) is 109 cm³/mol. The van der Waals surface area contributed by atoms with Gasteiger partial charge in [-0.1, -0.05) is 48.0 Å². The van der Waals surface area contributed by atoms with Gasteiger partial charge in [-0.15, -0.1) is 0 Å². The van der Waals surface area contributed by atoms with Gasteiger partial charge >= 0.3 is 0 Å². The van der Waals surface area contributed by atoms with Crippen molar-refractivity contribution in [1.82, 2.24) is 10.6 Å². The molecule has 140 valence electrons. The van der Waals surface area contributed by atoms with Crippen LogP contribution in [0.3, 0.4) is 0 Å². The molecular weight excluding hydrogens is 334 g/mol. The highest BCUT2D eigenvalue weighted by molar-refractivity contribution is 5.40. The van der Waals surface area contributed by atoms with Gasteiger partial charge in [0.2, 0.25) is 0 Å². The number of phenolic OH excluding ortho intramolecular Hbond substituents is 1. The van der Waals surface area contributed by atoms with Crippen molar-refractivity contribution >= 4 is 0 Å². The number of nitrogens with one attached hydrogen (secondary N) is 2. The average molecular weight is 361 g/mol. The Morgan fingerprint density at radius 1 is 1.07 bits per heavy atom. The molecule has 4 heteroatoms. The van der Waals surface area contributed by atoms with Gasteiger partial charge in [0.05, 0.1) is 5.70 Å². The summed E-state index contributed by atoms with van der Waals surface area (Å²) in [5, 5.41) is 16.7. The maximum atomic E-state index is 9.65. The zero-order chi connectivity index (χ0) is 18.7. The van der Waals surface area contributed by atoms with Crippen LogP contribution in [0, 0.1) is 5.41 Å². The number of hydrogen-bond acceptors (Lipinski definition) is 4. The van der Waals surface area contributed by atoms with Gasteiger partial charge in [-0.2, -0.15) is 0 Å². The van der Waals surface area contributed by atoms with E-state index in [4.69, 9.17) is 5.73 Å². The van der Waals surface area contributed by atoms with E-state index in [-0.39, 0.29) is 5.41 Å². The second kappa shape index (κ2) is 7.49. The highest BCUT2D eigenvalue weighted by Crippen LogP contribution is 2.43. The number of hydrogen-bond donors (Lipinski definition) is 4. The van der Waals surface area contributed by atoms with E-state index in [1.54, 1.807) is 12.1 Å². The SMILES string of the molecule is NC1=C(NCc2cccc(O)c2)C=C2CCNCC2(Cc2ccccc2)C1. The van der Waals surface area contributed by atoms with Crippen LogP contribution in [0.1, 0.15) is 24.0 Å². The Kier molecular flexibility index (Phi) is 4.90. The summed E-state index contributed by atoms with van der Waals surface area (Å²) < 4.78 is 0. The van der Waals surface area contributed by atoms with E-state index in [1.807, 2.05) is 12.1 Å². The first-order chi connectivity index (χ1) is 13.1. The van der Waals surface area contributed by atoms with Crippen LogP contribution in [0.5, 0.6) is 5.75 Å². The molecule has 2 aliphatic rings. The quantitative estimate of drug-likeness (QED) is 0.660. The Morgan fingerprint density at radius 2 is 1.89 bits per heavy atom. The van der Waals surface area contributed by atoms with Crippen LogP contribution in [-0.2, 0) is 13.0 Å². The van der Waals surface area contributed by atoms with Crippen LogP contribution in [0.25, 0.3) is 0 Å². The lowest BCUT2D eigenvalue weighted by molar-refractivity contribution is 0.280. The van der Waals surface area contributed by atoms with Gasteiger partial charge in [-0.05, 0) is 55.1 Å². The van der Waals surface area contributed by atoms with Gasteiger partial charge in [0.1, 0.15) is 5.75 Å². The number of piperidine rings is 1. The topological polar surface area (TPSA) is 70.3 Å². The standard InChI is InChI=1S/C23H27N3O/c24-21-14-23(13-17-5-2-1-3-6-17)16-25-10-9-19(23)12-22(21)26-15-18-7-4-8-20(27)11-18/h1-8,11-12,25-27H,9-10,13-16,24H2. The second-order valence-corrected chi connectivity index (χ2v) is 7.68. The molecule has 27 heavy (non-hydrogen) atoms. The van der Waals surface area contributed by atoms with Gasteiger partial charge in [0, 0.05) is 24.2 Å². The molecule has 0 spiro atoms. The lowest BCUT2D eigenvalue weighted by Gasteiger charge is -2.43. The number of allylic oxidation sites excluding steroid dienone is 2. The minimum atomic E-state index is 0.0693. The minimum Gasteiger partial charge on any atom is -0.508 e. The van der Waals surface area contributed by atoms with Crippen molar-refractivity contribution in [3.63, 3.8) is 0 Å². The van der Waals surface area contributed by atoms with Crippen molar-refractivity contribution < 1.29 is 5.11 Å². The fourth-order valence-electron chi connectivity index (χ4n) is 4.31. The molecule has 1 aliphatic carbocycles. The summed E-state index contributed by atoms with van der Waals surface area (Å²) in [6.07, 6.45) is 5.19. The van der Waals surface area contributed by atoms with Crippen LogP contribution in [0.15, 0.2) is 77.6 Å². The molecule has 1 saturated heterocycles. The number of fused-ring (bicyclic) bond motifs is 1. The molecule has 0 radical (unpaired) electrons. The third-order valence-electron chi connectivity index (χ3n) is 5.69. The van der Waals surface area contributed by atoms with E-state index in [0.717, 1.165) is 49.3 Å². The molecule has 5 N–H and O–H groups in total. The Balaban J connectivity index is 1.54. The Morgan fingerprint density at radius 3 is 2.70 bits per heavy atom. The van der Waals surface area contributed by atoms with Gasteiger partial charge in [0.15, 0.2) is 0 Å². The normalized spacial score (nSPS) is 22.1. The summed E-state index contributed by atoms with van der Waals surface area (Å²) in [5.41, 5.74) is 12.4. The number of rotatable bonds is 5. The third kappa shape index (κ3) is 3.86. The first-order valence-electron chi connectivity index (χ1n) is 9.61. The molecular formula is C23H27N3O. The van der Waals surface area contributed by atoms with E-state index >= 15 is 0 Å². The van der Waals surface area contributed by atoms with Crippen molar-refractivity contribution in [2.75, 3.05) is 13.1 Å². The molecule has 1 atom stereocenters. The van der Waals surface area contributed by atoms with Crippen LogP contribution in [0.2, 0.25) is 0 Å². The van der Waals surface area contributed by atoms with Crippen LogP contribution < -0.4 is 16.4 Å². The maximum Gasteiger partial charge on any atom is 0.115 e. The van der Waals surface area contributed by atoms with Crippen LogP contribution in [-0.4, -0.2) is 18.2 Å². The molecule has 1 aliphatic heterocycles. The van der Waals surface area contributed by atoms with Crippen molar-refractivity contribution in [3.8, 4) is 5.75 Å². The van der Waals surface area contributed by atoms with Crippen molar-refractivity contribution in [2.45, 2.75) is 25.8 Å². The zero-order valence-corrected chi connectivity index (χ0v) is 15.5. The van der Waals surface area contributed by atoms with Crippen LogP contribution >= 0.6 is 0 Å². The number of aromatic hydroxyl groups is 1. The van der Waals surface area contributed by atoms with Gasteiger partial charge in [-0.3, -0.25) is 0 Å². The Hall–Kier alpha value is -2.72. The zero-order valence-electron chi connectivity index (χ0n) is 15.5.